The molecule has 0 aliphatic heterocycles. The normalized spacial score (nSPS) is 12.9. The van der Waals surface area contributed by atoms with Gasteiger partial charge in [-0.15, -0.1) is 0 Å². The van der Waals surface area contributed by atoms with E-state index in [1.165, 1.54) is 133 Å². The molecule has 0 nitrogen and oxygen atoms in total. The van der Waals surface area contributed by atoms with Crippen LogP contribution in [0.4, 0.5) is 0 Å². The molecule has 0 spiro atoms. The van der Waals surface area contributed by atoms with Crippen molar-refractivity contribution < 1.29 is 0 Å². The van der Waals surface area contributed by atoms with Gasteiger partial charge in [0.1, 0.15) is 0 Å². The number of aryl methyl sites for hydroxylation is 10. The molecule has 0 fully saturated rings. The average molecular weight is 737 g/mol. The molecule has 8 aromatic carbocycles. The summed E-state index contributed by atoms with van der Waals surface area (Å²) in [6.45, 7) is 22.3. The number of fused-ring (bicyclic) bond motifs is 4. The maximum atomic E-state index is 2.54. The minimum absolute atomic E-state index is 0.491. The van der Waals surface area contributed by atoms with E-state index in [1.807, 2.05) is 0 Å². The molecule has 0 atom stereocenters. The van der Waals surface area contributed by atoms with Gasteiger partial charge in [-0.05, 0) is 171 Å². The zero-order valence-corrected chi connectivity index (χ0v) is 35.2. The Bertz CT molecular complexity index is 2820. The Morgan fingerprint density at radius 2 is 0.649 bits per heavy atom. The molecule has 1 aliphatic rings. The highest BCUT2D eigenvalue weighted by Crippen LogP contribution is 2.57. The zero-order valence-electron chi connectivity index (χ0n) is 35.2. The number of benzene rings is 8. The minimum Gasteiger partial charge on any atom is -0.0587 e. The Morgan fingerprint density at radius 3 is 1.16 bits per heavy atom. The number of hydrogen-bond acceptors (Lipinski definition) is 0. The Balaban J connectivity index is 1.40. The topological polar surface area (TPSA) is 0 Å². The Hall–Kier alpha value is -5.98. The Kier molecular flexibility index (Phi) is 8.74. The maximum absolute atomic E-state index is 2.54. The molecule has 0 unspecified atom stereocenters. The van der Waals surface area contributed by atoms with Crippen LogP contribution in [0.1, 0.15) is 77.9 Å². The molecule has 0 heterocycles. The van der Waals surface area contributed by atoms with Crippen LogP contribution < -0.4 is 0 Å². The molecule has 1 aliphatic carbocycles. The molecule has 280 valence electrons. The van der Waals surface area contributed by atoms with E-state index in [1.54, 1.807) is 0 Å². The maximum Gasteiger partial charge on any atom is 0.0714 e. The van der Waals surface area contributed by atoms with Crippen molar-refractivity contribution in [2.45, 2.75) is 74.7 Å². The molecule has 57 heavy (non-hydrogen) atoms. The molecule has 9 rings (SSSR count). The van der Waals surface area contributed by atoms with Crippen molar-refractivity contribution in [2.75, 3.05) is 0 Å². The summed E-state index contributed by atoms with van der Waals surface area (Å²) in [5.74, 6) is 0. The fraction of sp³-hybridized carbons (Fsp3) is 0.193. The largest absolute Gasteiger partial charge is 0.0714 e. The highest BCUT2D eigenvalue weighted by molar-refractivity contribution is 6.07. The van der Waals surface area contributed by atoms with E-state index < -0.39 is 5.41 Å². The molecule has 8 aromatic rings. The van der Waals surface area contributed by atoms with Gasteiger partial charge in [0.2, 0.25) is 0 Å². The second-order valence-corrected chi connectivity index (χ2v) is 17.5. The van der Waals surface area contributed by atoms with E-state index in [9.17, 15) is 0 Å². The van der Waals surface area contributed by atoms with Gasteiger partial charge in [0.15, 0.2) is 0 Å². The molecule has 0 amide bonds. The highest BCUT2D eigenvalue weighted by Gasteiger charge is 2.46. The lowest BCUT2D eigenvalue weighted by atomic mass is 9.66. The lowest BCUT2D eigenvalue weighted by Crippen LogP contribution is -2.29. The van der Waals surface area contributed by atoms with Crippen molar-refractivity contribution in [3.05, 3.63) is 211 Å². The van der Waals surface area contributed by atoms with Crippen LogP contribution in [0.2, 0.25) is 0 Å². The predicted molar refractivity (Wildman–Crippen MR) is 245 cm³/mol. The molecule has 0 N–H and O–H groups in total. The summed E-state index contributed by atoms with van der Waals surface area (Å²) >= 11 is 0. The first-order valence-corrected chi connectivity index (χ1v) is 20.5. The summed E-state index contributed by atoms with van der Waals surface area (Å²) in [5.41, 5.74) is 27.9. The van der Waals surface area contributed by atoms with Crippen LogP contribution in [-0.2, 0) is 5.41 Å². The van der Waals surface area contributed by atoms with Gasteiger partial charge in [-0.25, -0.2) is 0 Å². The molecule has 0 bridgehead atoms. The molecule has 0 heteroatoms. The quantitative estimate of drug-likeness (QED) is 0.165. The van der Waals surface area contributed by atoms with Gasteiger partial charge in [0.05, 0.1) is 5.41 Å². The third kappa shape index (κ3) is 6.23. The first kappa shape index (κ1) is 36.6. The molecule has 0 saturated carbocycles. The standard InChI is InChI=1S/C57H52/c1-33-11-13-49-50-14-12-43(32-56(50)57(55(49)29-33,47-23-38(6)17-39(7)24-47)48-25-40(8)18-41(9)26-48)44-30-52(46-21-36(4)16-37(5)22-46)53-28-42(10)27-51(54(53)31-44)45-19-34(2)15-35(3)20-45/h11-32H,1-10H3. The van der Waals surface area contributed by atoms with E-state index in [-0.39, 0.29) is 0 Å². The fourth-order valence-corrected chi connectivity index (χ4v) is 10.3. The van der Waals surface area contributed by atoms with Crippen molar-refractivity contribution in [3.63, 3.8) is 0 Å². The summed E-state index contributed by atoms with van der Waals surface area (Å²) in [6.07, 6.45) is 0. The van der Waals surface area contributed by atoms with E-state index in [0.717, 1.165) is 0 Å². The van der Waals surface area contributed by atoms with Crippen molar-refractivity contribution >= 4 is 10.8 Å². The van der Waals surface area contributed by atoms with Gasteiger partial charge in [0.25, 0.3) is 0 Å². The van der Waals surface area contributed by atoms with E-state index in [0.29, 0.717) is 0 Å². The number of hydrogen-bond donors (Lipinski definition) is 0. The summed E-state index contributed by atoms with van der Waals surface area (Å²) in [5, 5.41) is 2.58. The van der Waals surface area contributed by atoms with Crippen LogP contribution in [0.25, 0.3) is 55.3 Å². The second kappa shape index (κ2) is 13.6. The monoisotopic (exact) mass is 736 g/mol. The van der Waals surface area contributed by atoms with Gasteiger partial charge >= 0.3 is 0 Å². The van der Waals surface area contributed by atoms with Gasteiger partial charge in [-0.1, -0.05) is 165 Å². The lowest BCUT2D eigenvalue weighted by molar-refractivity contribution is 0.763. The SMILES string of the molecule is Cc1cc(C)cc(-c2cc(-c3ccc4c(c3)C(c3cc(C)cc(C)c3)(c3cc(C)cc(C)c3)c3cc(C)ccc3-4)cc3c(-c4cc(C)cc(C)c4)cc(C)cc23)c1. The van der Waals surface area contributed by atoms with E-state index in [4.69, 9.17) is 0 Å². The van der Waals surface area contributed by atoms with Crippen LogP contribution in [0, 0.1) is 69.2 Å². The zero-order chi connectivity index (χ0) is 39.9. The van der Waals surface area contributed by atoms with Gasteiger partial charge in [-0.3, -0.25) is 0 Å². The minimum atomic E-state index is -0.491. The predicted octanol–water partition coefficient (Wildman–Crippen LogP) is 15.3. The smallest absolute Gasteiger partial charge is 0.0587 e. The van der Waals surface area contributed by atoms with Crippen LogP contribution in [0.3, 0.4) is 0 Å². The van der Waals surface area contributed by atoms with Crippen molar-refractivity contribution in [1.82, 2.24) is 0 Å². The van der Waals surface area contributed by atoms with E-state index in [2.05, 4.69) is 203 Å². The first-order valence-electron chi connectivity index (χ1n) is 20.5. The third-order valence-electron chi connectivity index (χ3n) is 12.2. The lowest BCUT2D eigenvalue weighted by Gasteiger charge is -2.35. The molecular weight excluding hydrogens is 685 g/mol. The van der Waals surface area contributed by atoms with Crippen LogP contribution in [-0.4, -0.2) is 0 Å². The van der Waals surface area contributed by atoms with Crippen molar-refractivity contribution in [1.29, 1.82) is 0 Å². The van der Waals surface area contributed by atoms with E-state index >= 15 is 0 Å². The summed E-state index contributed by atoms with van der Waals surface area (Å²) in [7, 11) is 0. The molecule has 0 radical (unpaired) electrons. The number of rotatable bonds is 5. The fourth-order valence-electron chi connectivity index (χ4n) is 10.3. The first-order chi connectivity index (χ1) is 27.3. The van der Waals surface area contributed by atoms with Gasteiger partial charge in [0, 0.05) is 0 Å². The molecular formula is C57H52. The Labute approximate surface area is 339 Å². The third-order valence-corrected chi connectivity index (χ3v) is 12.2. The second-order valence-electron chi connectivity index (χ2n) is 17.5. The average Bonchev–Trinajstić information content (AvgIpc) is 3.42. The van der Waals surface area contributed by atoms with Crippen LogP contribution >= 0.6 is 0 Å². The van der Waals surface area contributed by atoms with Gasteiger partial charge < -0.3 is 0 Å². The molecule has 0 aromatic heterocycles. The highest BCUT2D eigenvalue weighted by atomic mass is 14.5. The van der Waals surface area contributed by atoms with Crippen molar-refractivity contribution in [2.24, 2.45) is 0 Å². The van der Waals surface area contributed by atoms with Gasteiger partial charge in [-0.2, -0.15) is 0 Å². The summed E-state index contributed by atoms with van der Waals surface area (Å²) in [4.78, 5) is 0. The van der Waals surface area contributed by atoms with Crippen LogP contribution in [0.5, 0.6) is 0 Å². The summed E-state index contributed by atoms with van der Waals surface area (Å²) in [6, 6.07) is 52.5. The summed E-state index contributed by atoms with van der Waals surface area (Å²) < 4.78 is 0. The van der Waals surface area contributed by atoms with Crippen molar-refractivity contribution in [3.8, 4) is 44.5 Å². The van der Waals surface area contributed by atoms with Crippen LogP contribution in [0.15, 0.2) is 133 Å². The Morgan fingerprint density at radius 1 is 0.246 bits per heavy atom. The molecule has 0 saturated heterocycles.